The van der Waals surface area contributed by atoms with E-state index in [0.29, 0.717) is 6.61 Å². The minimum atomic E-state index is 0.0301. The summed E-state index contributed by atoms with van der Waals surface area (Å²) in [7, 11) is 1.68. The molecular formula is C14H24N4O2S. The van der Waals surface area contributed by atoms with Gasteiger partial charge in [0, 0.05) is 50.1 Å². The summed E-state index contributed by atoms with van der Waals surface area (Å²) in [5, 5.41) is 4.06. The van der Waals surface area contributed by atoms with Crippen molar-refractivity contribution in [3.05, 3.63) is 5.82 Å². The van der Waals surface area contributed by atoms with Crippen molar-refractivity contribution >= 4 is 22.6 Å². The molecule has 1 saturated heterocycles. The molecule has 0 radical (unpaired) electrons. The van der Waals surface area contributed by atoms with Gasteiger partial charge in [-0.25, -0.2) is 4.98 Å². The van der Waals surface area contributed by atoms with Gasteiger partial charge in [-0.3, -0.25) is 4.79 Å². The van der Waals surface area contributed by atoms with Crippen LogP contribution in [-0.4, -0.2) is 48.1 Å². The topological polar surface area (TPSA) is 67.3 Å². The van der Waals surface area contributed by atoms with Crippen LogP contribution in [0, 0.1) is 5.92 Å². The molecule has 1 fully saturated rings. The maximum absolute atomic E-state index is 11.8. The van der Waals surface area contributed by atoms with Crippen LogP contribution < -0.4 is 10.2 Å². The molecule has 0 saturated carbocycles. The average Bonchev–Trinajstić information content (AvgIpc) is 2.94. The third kappa shape index (κ3) is 4.64. The molecule has 0 aromatic carbocycles. The van der Waals surface area contributed by atoms with Crippen LogP contribution in [0.2, 0.25) is 0 Å². The van der Waals surface area contributed by atoms with Crippen molar-refractivity contribution < 1.29 is 9.53 Å². The molecule has 6 nitrogen and oxygen atoms in total. The zero-order valence-corrected chi connectivity index (χ0v) is 13.8. The first kappa shape index (κ1) is 16.2. The largest absolute Gasteiger partial charge is 0.384 e. The standard InChI is InChI=1S/C14H24N4O2S/c1-10(2)13(19)15-11-5-4-7-18(9-11)14-16-12(17-21-14)6-8-20-3/h10-11H,4-9H2,1-3H3,(H,15,19). The van der Waals surface area contributed by atoms with Crippen molar-refractivity contribution in [3.63, 3.8) is 0 Å². The van der Waals surface area contributed by atoms with Crippen molar-refractivity contribution in [1.82, 2.24) is 14.7 Å². The third-order valence-electron chi connectivity index (χ3n) is 3.55. The molecule has 0 bridgehead atoms. The Labute approximate surface area is 130 Å². The lowest BCUT2D eigenvalue weighted by Crippen LogP contribution is -2.48. The predicted molar refractivity (Wildman–Crippen MR) is 83.7 cm³/mol. The van der Waals surface area contributed by atoms with Crippen LogP contribution in [0.5, 0.6) is 0 Å². The number of ether oxygens (including phenoxy) is 1. The van der Waals surface area contributed by atoms with Crippen molar-refractivity contribution in [2.75, 3.05) is 31.7 Å². The van der Waals surface area contributed by atoms with E-state index in [1.54, 1.807) is 7.11 Å². The van der Waals surface area contributed by atoms with Gasteiger partial charge in [-0.15, -0.1) is 0 Å². The van der Waals surface area contributed by atoms with Crippen LogP contribution >= 0.6 is 11.5 Å². The second-order valence-corrected chi connectivity index (χ2v) is 6.41. The second kappa shape index (κ2) is 7.70. The summed E-state index contributed by atoms with van der Waals surface area (Å²) in [6.45, 7) is 6.28. The van der Waals surface area contributed by atoms with Gasteiger partial charge in [0.2, 0.25) is 11.0 Å². The van der Waals surface area contributed by atoms with Gasteiger partial charge in [0.15, 0.2) is 0 Å². The smallest absolute Gasteiger partial charge is 0.222 e. The molecule has 118 valence electrons. The van der Waals surface area contributed by atoms with Gasteiger partial charge in [-0.1, -0.05) is 13.8 Å². The summed E-state index contributed by atoms with van der Waals surface area (Å²) in [6, 6.07) is 0.208. The molecular weight excluding hydrogens is 288 g/mol. The Kier molecular flexibility index (Phi) is 5.93. The molecule has 2 heterocycles. The number of hydrogen-bond donors (Lipinski definition) is 1. The Morgan fingerprint density at radius 1 is 1.57 bits per heavy atom. The van der Waals surface area contributed by atoms with E-state index < -0.39 is 0 Å². The molecule has 1 aromatic heterocycles. The average molecular weight is 312 g/mol. The summed E-state index contributed by atoms with van der Waals surface area (Å²) in [6.07, 6.45) is 2.84. The van der Waals surface area contributed by atoms with Crippen LogP contribution in [0.3, 0.4) is 0 Å². The van der Waals surface area contributed by atoms with E-state index in [-0.39, 0.29) is 17.9 Å². The summed E-state index contributed by atoms with van der Waals surface area (Å²) in [5.41, 5.74) is 0. The number of anilines is 1. The van der Waals surface area contributed by atoms with E-state index in [0.717, 1.165) is 43.3 Å². The molecule has 1 aromatic rings. The van der Waals surface area contributed by atoms with E-state index in [1.807, 2.05) is 13.8 Å². The number of hydrogen-bond acceptors (Lipinski definition) is 6. The molecule has 1 atom stereocenters. The van der Waals surface area contributed by atoms with Crippen LogP contribution in [0.25, 0.3) is 0 Å². The number of rotatable bonds is 6. The number of carbonyl (C=O) groups is 1. The molecule has 21 heavy (non-hydrogen) atoms. The lowest BCUT2D eigenvalue weighted by molar-refractivity contribution is -0.124. The minimum absolute atomic E-state index is 0.0301. The molecule has 0 aliphatic carbocycles. The fourth-order valence-corrected chi connectivity index (χ4v) is 3.05. The van der Waals surface area contributed by atoms with Crippen molar-refractivity contribution in [2.24, 2.45) is 5.92 Å². The van der Waals surface area contributed by atoms with Crippen LogP contribution in [0.15, 0.2) is 0 Å². The highest BCUT2D eigenvalue weighted by Gasteiger charge is 2.24. The first-order valence-corrected chi connectivity index (χ1v) is 8.24. The summed E-state index contributed by atoms with van der Waals surface area (Å²) in [5.74, 6) is 0.993. The molecule has 1 aliphatic rings. The minimum Gasteiger partial charge on any atom is -0.384 e. The van der Waals surface area contributed by atoms with Gasteiger partial charge in [0.25, 0.3) is 0 Å². The summed E-state index contributed by atoms with van der Waals surface area (Å²) >= 11 is 1.43. The number of nitrogens with zero attached hydrogens (tertiary/aromatic N) is 3. The highest BCUT2D eigenvalue weighted by molar-refractivity contribution is 7.09. The van der Waals surface area contributed by atoms with E-state index in [1.165, 1.54) is 11.5 Å². The van der Waals surface area contributed by atoms with Gasteiger partial charge >= 0.3 is 0 Å². The van der Waals surface area contributed by atoms with Gasteiger partial charge in [-0.2, -0.15) is 4.37 Å². The number of aromatic nitrogens is 2. The first-order chi connectivity index (χ1) is 10.1. The zero-order valence-electron chi connectivity index (χ0n) is 13.0. The number of carbonyl (C=O) groups excluding carboxylic acids is 1. The highest BCUT2D eigenvalue weighted by atomic mass is 32.1. The number of methoxy groups -OCH3 is 1. The molecule has 0 spiro atoms. The van der Waals surface area contributed by atoms with Gasteiger partial charge in [0.1, 0.15) is 5.82 Å². The molecule has 7 heteroatoms. The second-order valence-electron chi connectivity index (χ2n) is 5.68. The molecule has 1 aliphatic heterocycles. The van der Waals surface area contributed by atoms with Crippen molar-refractivity contribution in [2.45, 2.75) is 39.2 Å². The normalized spacial score (nSPS) is 19.0. The Balaban J connectivity index is 1.91. The third-order valence-corrected chi connectivity index (χ3v) is 4.36. The molecule has 1 unspecified atom stereocenters. The lowest BCUT2D eigenvalue weighted by Gasteiger charge is -2.33. The predicted octanol–water partition coefficient (Wildman–Crippen LogP) is 1.47. The lowest BCUT2D eigenvalue weighted by atomic mass is 10.1. The maximum atomic E-state index is 11.8. The van der Waals surface area contributed by atoms with E-state index >= 15 is 0 Å². The van der Waals surface area contributed by atoms with E-state index in [4.69, 9.17) is 4.74 Å². The monoisotopic (exact) mass is 312 g/mol. The Hall–Kier alpha value is -1.21. The highest BCUT2D eigenvalue weighted by Crippen LogP contribution is 2.22. The number of nitrogens with one attached hydrogen (secondary N) is 1. The molecule has 1 N–H and O–H groups in total. The number of amides is 1. The Bertz CT molecular complexity index is 464. The Morgan fingerprint density at radius 3 is 3.10 bits per heavy atom. The van der Waals surface area contributed by atoms with Crippen LogP contribution in [0.4, 0.5) is 5.13 Å². The Morgan fingerprint density at radius 2 is 2.38 bits per heavy atom. The van der Waals surface area contributed by atoms with Crippen LogP contribution in [-0.2, 0) is 16.0 Å². The fourth-order valence-electron chi connectivity index (χ4n) is 2.30. The molecule has 2 rings (SSSR count). The van der Waals surface area contributed by atoms with Crippen LogP contribution in [0.1, 0.15) is 32.5 Å². The quantitative estimate of drug-likeness (QED) is 0.861. The van der Waals surface area contributed by atoms with E-state index in [2.05, 4.69) is 19.6 Å². The fraction of sp³-hybridized carbons (Fsp3) is 0.786. The zero-order chi connectivity index (χ0) is 15.2. The first-order valence-electron chi connectivity index (χ1n) is 7.47. The number of piperidine rings is 1. The van der Waals surface area contributed by atoms with Crippen molar-refractivity contribution in [1.29, 1.82) is 0 Å². The van der Waals surface area contributed by atoms with Gasteiger partial charge < -0.3 is 15.0 Å². The van der Waals surface area contributed by atoms with Crippen molar-refractivity contribution in [3.8, 4) is 0 Å². The van der Waals surface area contributed by atoms with Gasteiger partial charge in [0.05, 0.1) is 6.61 Å². The van der Waals surface area contributed by atoms with Gasteiger partial charge in [-0.05, 0) is 12.8 Å². The SMILES string of the molecule is COCCc1nsc(N2CCCC(NC(=O)C(C)C)C2)n1. The summed E-state index contributed by atoms with van der Waals surface area (Å²) in [4.78, 5) is 18.6. The summed E-state index contributed by atoms with van der Waals surface area (Å²) < 4.78 is 9.41. The molecule has 1 amide bonds. The maximum Gasteiger partial charge on any atom is 0.222 e. The van der Waals surface area contributed by atoms with E-state index in [9.17, 15) is 4.79 Å².